The van der Waals surface area contributed by atoms with E-state index >= 15 is 0 Å². The van der Waals surface area contributed by atoms with Gasteiger partial charge in [0.15, 0.2) is 5.65 Å². The monoisotopic (exact) mass is 242 g/mol. The maximum Gasteiger partial charge on any atom is 0.364 e. The number of H-pyrrole nitrogens is 1. The van der Waals surface area contributed by atoms with Crippen LogP contribution >= 0.6 is 0 Å². The summed E-state index contributed by atoms with van der Waals surface area (Å²) >= 11 is 0. The van der Waals surface area contributed by atoms with Gasteiger partial charge in [0, 0.05) is 6.20 Å². The Kier molecular flexibility index (Phi) is 2.49. The molecule has 3 rings (SSSR count). The van der Waals surface area contributed by atoms with Crippen molar-refractivity contribution in [1.82, 2.24) is 24.8 Å². The van der Waals surface area contributed by atoms with Crippen LogP contribution in [-0.4, -0.2) is 24.8 Å². The topological polar surface area (TPSA) is 88.0 Å². The SMILES string of the molecule is O=c1[nH]nc2ccc(NCc3ccccn3)nn12. The van der Waals surface area contributed by atoms with Crippen LogP contribution in [0.5, 0.6) is 0 Å². The van der Waals surface area contributed by atoms with Crippen LogP contribution in [0.15, 0.2) is 41.3 Å². The van der Waals surface area contributed by atoms with Crippen LogP contribution in [0, 0.1) is 0 Å². The maximum absolute atomic E-state index is 11.3. The summed E-state index contributed by atoms with van der Waals surface area (Å²) in [7, 11) is 0. The van der Waals surface area contributed by atoms with Crippen molar-refractivity contribution >= 4 is 11.5 Å². The van der Waals surface area contributed by atoms with Crippen molar-refractivity contribution in [3.63, 3.8) is 0 Å². The number of aromatic nitrogens is 5. The minimum absolute atomic E-state index is 0.355. The Morgan fingerprint density at radius 2 is 2.22 bits per heavy atom. The second-order valence-corrected chi connectivity index (χ2v) is 3.69. The highest BCUT2D eigenvalue weighted by atomic mass is 16.2. The summed E-state index contributed by atoms with van der Waals surface area (Å²) in [6.07, 6.45) is 1.73. The van der Waals surface area contributed by atoms with E-state index in [-0.39, 0.29) is 5.69 Å². The molecule has 90 valence electrons. The van der Waals surface area contributed by atoms with Gasteiger partial charge in [0.25, 0.3) is 0 Å². The van der Waals surface area contributed by atoms with E-state index in [4.69, 9.17) is 0 Å². The fraction of sp³-hybridized carbons (Fsp3) is 0.0909. The van der Waals surface area contributed by atoms with Crippen LogP contribution in [0.2, 0.25) is 0 Å². The van der Waals surface area contributed by atoms with E-state index < -0.39 is 0 Å². The summed E-state index contributed by atoms with van der Waals surface area (Å²) in [6.45, 7) is 0.548. The predicted molar refractivity (Wildman–Crippen MR) is 65.2 cm³/mol. The van der Waals surface area contributed by atoms with E-state index in [1.165, 1.54) is 4.52 Å². The molecule has 0 saturated carbocycles. The van der Waals surface area contributed by atoms with Gasteiger partial charge in [-0.05, 0) is 24.3 Å². The van der Waals surface area contributed by atoms with E-state index in [0.717, 1.165) is 5.69 Å². The lowest BCUT2D eigenvalue weighted by Gasteiger charge is -2.04. The number of hydrogen-bond acceptors (Lipinski definition) is 5. The molecule has 0 unspecified atom stereocenters. The summed E-state index contributed by atoms with van der Waals surface area (Å²) in [6, 6.07) is 9.17. The number of anilines is 1. The first kappa shape index (κ1) is 10.5. The molecule has 3 aromatic heterocycles. The largest absolute Gasteiger partial charge is 0.364 e. The number of rotatable bonds is 3. The molecule has 18 heavy (non-hydrogen) atoms. The molecule has 0 aliphatic carbocycles. The van der Waals surface area contributed by atoms with Gasteiger partial charge in [0.05, 0.1) is 12.2 Å². The zero-order chi connectivity index (χ0) is 12.4. The lowest BCUT2D eigenvalue weighted by Crippen LogP contribution is -2.14. The third-order valence-corrected chi connectivity index (χ3v) is 2.45. The van der Waals surface area contributed by atoms with Gasteiger partial charge >= 0.3 is 5.69 Å². The second-order valence-electron chi connectivity index (χ2n) is 3.69. The number of nitrogens with one attached hydrogen (secondary N) is 2. The molecule has 0 aliphatic rings. The third kappa shape index (κ3) is 1.93. The Labute approximate surface area is 101 Å². The summed E-state index contributed by atoms with van der Waals surface area (Å²) in [4.78, 5) is 15.5. The number of nitrogens with zero attached hydrogens (tertiary/aromatic N) is 4. The zero-order valence-corrected chi connectivity index (χ0v) is 9.37. The van der Waals surface area contributed by atoms with Gasteiger partial charge in [-0.15, -0.1) is 5.10 Å². The molecule has 3 heterocycles. The summed E-state index contributed by atoms with van der Waals surface area (Å²) in [5, 5.41) is 13.3. The first-order chi connectivity index (χ1) is 8.83. The average molecular weight is 242 g/mol. The predicted octanol–water partition coefficient (Wildman–Crippen LogP) is 0.425. The molecule has 3 aromatic rings. The second kappa shape index (κ2) is 4.28. The Bertz CT molecular complexity index is 717. The highest BCUT2D eigenvalue weighted by Gasteiger charge is 2.02. The number of hydrogen-bond donors (Lipinski definition) is 2. The zero-order valence-electron chi connectivity index (χ0n) is 9.37. The van der Waals surface area contributed by atoms with Crippen LogP contribution in [0.4, 0.5) is 5.82 Å². The molecule has 0 spiro atoms. The van der Waals surface area contributed by atoms with Crippen molar-refractivity contribution in [3.05, 3.63) is 52.7 Å². The molecule has 7 heteroatoms. The highest BCUT2D eigenvalue weighted by molar-refractivity contribution is 5.43. The smallest absolute Gasteiger partial charge is 0.363 e. The highest BCUT2D eigenvalue weighted by Crippen LogP contribution is 2.04. The van der Waals surface area contributed by atoms with Crippen molar-refractivity contribution in [1.29, 1.82) is 0 Å². The van der Waals surface area contributed by atoms with Gasteiger partial charge in [-0.3, -0.25) is 4.98 Å². The lowest BCUT2D eigenvalue weighted by molar-refractivity contribution is 0.872. The standard InChI is InChI=1S/C11H10N6O/c18-11-15-14-10-5-4-9(16-17(10)11)13-7-8-3-1-2-6-12-8/h1-6H,7H2,(H,13,16)(H,15,18). The molecular weight excluding hydrogens is 232 g/mol. The molecular formula is C11H10N6O. The first-order valence-corrected chi connectivity index (χ1v) is 5.41. The van der Waals surface area contributed by atoms with Crippen molar-refractivity contribution in [2.45, 2.75) is 6.54 Å². The molecule has 7 nitrogen and oxygen atoms in total. The van der Waals surface area contributed by atoms with Crippen molar-refractivity contribution < 1.29 is 0 Å². The van der Waals surface area contributed by atoms with E-state index in [9.17, 15) is 4.79 Å². The van der Waals surface area contributed by atoms with E-state index in [1.54, 1.807) is 18.3 Å². The summed E-state index contributed by atoms with van der Waals surface area (Å²) in [5.74, 6) is 0.594. The van der Waals surface area contributed by atoms with Gasteiger partial charge in [-0.2, -0.15) is 9.61 Å². The summed E-state index contributed by atoms with van der Waals surface area (Å²) < 4.78 is 1.21. The molecule has 0 aromatic carbocycles. The Morgan fingerprint density at radius 3 is 3.06 bits per heavy atom. The number of pyridine rings is 1. The van der Waals surface area contributed by atoms with Crippen LogP contribution in [0.1, 0.15) is 5.69 Å². The van der Waals surface area contributed by atoms with E-state index in [1.807, 2.05) is 18.2 Å². The third-order valence-electron chi connectivity index (χ3n) is 2.45. The molecule has 0 amide bonds. The van der Waals surface area contributed by atoms with Crippen molar-refractivity contribution in [2.24, 2.45) is 0 Å². The quantitative estimate of drug-likeness (QED) is 0.695. The van der Waals surface area contributed by atoms with Gasteiger partial charge in [0.1, 0.15) is 5.82 Å². The first-order valence-electron chi connectivity index (χ1n) is 5.41. The van der Waals surface area contributed by atoms with Crippen LogP contribution in [-0.2, 0) is 6.54 Å². The Morgan fingerprint density at radius 1 is 1.28 bits per heavy atom. The molecule has 2 N–H and O–H groups in total. The maximum atomic E-state index is 11.3. The number of fused-ring (bicyclic) bond motifs is 1. The molecule has 0 saturated heterocycles. The van der Waals surface area contributed by atoms with Gasteiger partial charge in [-0.1, -0.05) is 6.07 Å². The normalized spacial score (nSPS) is 10.7. The summed E-state index contributed by atoms with van der Waals surface area (Å²) in [5.41, 5.74) is 1.04. The minimum atomic E-state index is -0.355. The van der Waals surface area contributed by atoms with Gasteiger partial charge in [0.2, 0.25) is 0 Å². The fourth-order valence-electron chi connectivity index (χ4n) is 1.58. The van der Waals surface area contributed by atoms with E-state index in [2.05, 4.69) is 25.6 Å². The van der Waals surface area contributed by atoms with Crippen LogP contribution in [0.3, 0.4) is 0 Å². The van der Waals surface area contributed by atoms with Gasteiger partial charge < -0.3 is 5.32 Å². The minimum Gasteiger partial charge on any atom is -0.363 e. The Hall–Kier alpha value is -2.70. The fourth-order valence-corrected chi connectivity index (χ4v) is 1.58. The van der Waals surface area contributed by atoms with Gasteiger partial charge in [-0.25, -0.2) is 9.89 Å². The molecule has 0 radical (unpaired) electrons. The van der Waals surface area contributed by atoms with Crippen molar-refractivity contribution in [2.75, 3.05) is 5.32 Å². The van der Waals surface area contributed by atoms with Crippen molar-refractivity contribution in [3.8, 4) is 0 Å². The molecule has 0 atom stereocenters. The average Bonchev–Trinajstić information content (AvgIpc) is 2.79. The number of aromatic amines is 1. The molecule has 0 fully saturated rings. The lowest BCUT2D eigenvalue weighted by atomic mass is 10.3. The molecule has 0 aliphatic heterocycles. The van der Waals surface area contributed by atoms with E-state index in [0.29, 0.717) is 18.0 Å². The Balaban J connectivity index is 1.83. The molecule has 0 bridgehead atoms. The van der Waals surface area contributed by atoms with Crippen LogP contribution in [0.25, 0.3) is 5.65 Å². The van der Waals surface area contributed by atoms with Crippen LogP contribution < -0.4 is 11.0 Å².